The van der Waals surface area contributed by atoms with Crippen LogP contribution in [0.5, 0.6) is 0 Å². The van der Waals surface area contributed by atoms with Crippen LogP contribution in [0, 0.1) is 0 Å². The zero-order valence-corrected chi connectivity index (χ0v) is 7.86. The third kappa shape index (κ3) is 1.93. The van der Waals surface area contributed by atoms with Gasteiger partial charge in [-0.2, -0.15) is 0 Å². The molecule has 0 aliphatic carbocycles. The van der Waals surface area contributed by atoms with E-state index in [0.717, 1.165) is 18.7 Å². The number of aliphatic carboxylic acids is 1. The Hall–Kier alpha value is -1.35. The van der Waals surface area contributed by atoms with Crippen molar-refractivity contribution in [2.45, 2.75) is 12.3 Å². The molecule has 1 aromatic rings. The van der Waals surface area contributed by atoms with Gasteiger partial charge in [0.25, 0.3) is 0 Å². The van der Waals surface area contributed by atoms with Crippen molar-refractivity contribution in [1.29, 1.82) is 0 Å². The quantitative estimate of drug-likeness (QED) is 0.749. The minimum Gasteiger partial charge on any atom is -0.481 e. The van der Waals surface area contributed by atoms with E-state index in [1.165, 1.54) is 5.56 Å². The van der Waals surface area contributed by atoms with E-state index in [-0.39, 0.29) is 6.42 Å². The lowest BCUT2D eigenvalue weighted by Gasteiger charge is -2.27. The Labute approximate surface area is 82.8 Å². The second-order valence-electron chi connectivity index (χ2n) is 3.67. The normalized spacial score (nSPS) is 16.3. The summed E-state index contributed by atoms with van der Waals surface area (Å²) in [6, 6.07) is 7.87. The Morgan fingerprint density at radius 1 is 1.50 bits per heavy atom. The van der Waals surface area contributed by atoms with Crippen molar-refractivity contribution in [3.63, 3.8) is 0 Å². The fourth-order valence-electron chi connectivity index (χ4n) is 1.66. The molecule has 1 aromatic carbocycles. The fourth-order valence-corrected chi connectivity index (χ4v) is 1.66. The SMILES string of the molecule is O=C(O)Cc1cccc(C2CNC2)c1. The minimum atomic E-state index is -0.770. The highest BCUT2D eigenvalue weighted by atomic mass is 16.4. The average molecular weight is 191 g/mol. The van der Waals surface area contributed by atoms with Gasteiger partial charge in [0.15, 0.2) is 0 Å². The molecule has 1 heterocycles. The van der Waals surface area contributed by atoms with Crippen LogP contribution in [0.2, 0.25) is 0 Å². The highest BCUT2D eigenvalue weighted by Crippen LogP contribution is 2.20. The first-order valence-electron chi connectivity index (χ1n) is 4.77. The van der Waals surface area contributed by atoms with Gasteiger partial charge in [-0.05, 0) is 11.1 Å². The molecular weight excluding hydrogens is 178 g/mol. The van der Waals surface area contributed by atoms with Crippen LogP contribution in [0.15, 0.2) is 24.3 Å². The monoisotopic (exact) mass is 191 g/mol. The molecule has 2 rings (SSSR count). The maximum absolute atomic E-state index is 10.5. The predicted molar refractivity (Wildman–Crippen MR) is 53.4 cm³/mol. The van der Waals surface area contributed by atoms with E-state index in [0.29, 0.717) is 5.92 Å². The molecular formula is C11H13NO2. The molecule has 1 aliphatic heterocycles. The van der Waals surface area contributed by atoms with Crippen molar-refractivity contribution >= 4 is 5.97 Å². The Kier molecular flexibility index (Phi) is 2.50. The molecule has 1 saturated heterocycles. The summed E-state index contributed by atoms with van der Waals surface area (Å²) in [5.74, 6) is -0.197. The molecule has 0 amide bonds. The highest BCUT2D eigenvalue weighted by Gasteiger charge is 2.18. The third-order valence-corrected chi connectivity index (χ3v) is 2.56. The van der Waals surface area contributed by atoms with Crippen LogP contribution in [0.4, 0.5) is 0 Å². The van der Waals surface area contributed by atoms with E-state index < -0.39 is 5.97 Å². The molecule has 0 atom stereocenters. The predicted octanol–water partition coefficient (Wildman–Crippen LogP) is 1.00. The van der Waals surface area contributed by atoms with E-state index >= 15 is 0 Å². The molecule has 1 aliphatic rings. The molecule has 1 fully saturated rings. The number of hydrogen-bond donors (Lipinski definition) is 2. The molecule has 0 saturated carbocycles. The van der Waals surface area contributed by atoms with Crippen molar-refractivity contribution in [3.05, 3.63) is 35.4 Å². The van der Waals surface area contributed by atoms with Crippen LogP contribution >= 0.6 is 0 Å². The van der Waals surface area contributed by atoms with Gasteiger partial charge in [-0.1, -0.05) is 24.3 Å². The van der Waals surface area contributed by atoms with Gasteiger partial charge in [-0.25, -0.2) is 0 Å². The highest BCUT2D eigenvalue weighted by molar-refractivity contribution is 5.70. The van der Waals surface area contributed by atoms with E-state index in [9.17, 15) is 4.79 Å². The van der Waals surface area contributed by atoms with Crippen LogP contribution in [-0.4, -0.2) is 24.2 Å². The topological polar surface area (TPSA) is 49.3 Å². The van der Waals surface area contributed by atoms with Gasteiger partial charge in [0.2, 0.25) is 0 Å². The van der Waals surface area contributed by atoms with Crippen molar-refractivity contribution in [3.8, 4) is 0 Å². The number of carboxylic acid groups (broad SMARTS) is 1. The lowest BCUT2D eigenvalue weighted by atomic mass is 9.92. The van der Waals surface area contributed by atoms with Crippen LogP contribution < -0.4 is 5.32 Å². The number of hydrogen-bond acceptors (Lipinski definition) is 2. The summed E-state index contributed by atoms with van der Waals surface area (Å²) in [6.45, 7) is 2.02. The van der Waals surface area contributed by atoms with E-state index in [2.05, 4.69) is 11.4 Å². The van der Waals surface area contributed by atoms with Crippen LogP contribution in [0.3, 0.4) is 0 Å². The van der Waals surface area contributed by atoms with Gasteiger partial charge >= 0.3 is 5.97 Å². The van der Waals surface area contributed by atoms with Gasteiger partial charge in [0, 0.05) is 19.0 Å². The van der Waals surface area contributed by atoms with Crippen LogP contribution in [0.25, 0.3) is 0 Å². The Balaban J connectivity index is 2.13. The summed E-state index contributed by atoms with van der Waals surface area (Å²) in [5, 5.41) is 11.9. The summed E-state index contributed by atoms with van der Waals surface area (Å²) < 4.78 is 0. The second-order valence-corrected chi connectivity index (χ2v) is 3.67. The van der Waals surface area contributed by atoms with Crippen LogP contribution in [-0.2, 0) is 11.2 Å². The zero-order valence-electron chi connectivity index (χ0n) is 7.86. The van der Waals surface area contributed by atoms with Crippen molar-refractivity contribution in [1.82, 2.24) is 5.32 Å². The molecule has 3 nitrogen and oxygen atoms in total. The summed E-state index contributed by atoms with van der Waals surface area (Å²) >= 11 is 0. The maximum Gasteiger partial charge on any atom is 0.307 e. The third-order valence-electron chi connectivity index (χ3n) is 2.56. The Morgan fingerprint density at radius 2 is 2.29 bits per heavy atom. The van der Waals surface area contributed by atoms with E-state index in [4.69, 9.17) is 5.11 Å². The summed E-state index contributed by atoms with van der Waals surface area (Å²) in [5.41, 5.74) is 2.14. The molecule has 3 heteroatoms. The van der Waals surface area contributed by atoms with Gasteiger partial charge in [0.1, 0.15) is 0 Å². The molecule has 0 bridgehead atoms. The first-order chi connectivity index (χ1) is 6.75. The molecule has 0 unspecified atom stereocenters. The summed E-state index contributed by atoms with van der Waals surface area (Å²) in [6.07, 6.45) is 0.119. The number of benzene rings is 1. The zero-order chi connectivity index (χ0) is 9.97. The minimum absolute atomic E-state index is 0.119. The largest absolute Gasteiger partial charge is 0.481 e. The van der Waals surface area contributed by atoms with Crippen molar-refractivity contribution < 1.29 is 9.90 Å². The molecule has 74 valence electrons. The van der Waals surface area contributed by atoms with Gasteiger partial charge in [-0.3, -0.25) is 4.79 Å². The molecule has 0 spiro atoms. The Bertz CT molecular complexity index is 345. The standard InChI is InChI=1S/C11H13NO2/c13-11(14)5-8-2-1-3-9(4-8)10-6-12-7-10/h1-4,10,12H,5-7H2,(H,13,14). The summed E-state index contributed by atoms with van der Waals surface area (Å²) in [7, 11) is 0. The summed E-state index contributed by atoms with van der Waals surface area (Å²) in [4.78, 5) is 10.5. The molecule has 2 N–H and O–H groups in total. The average Bonchev–Trinajstić information content (AvgIpc) is 1.99. The molecule has 0 radical (unpaired) electrons. The first kappa shape index (κ1) is 9.21. The number of nitrogens with one attached hydrogen (secondary N) is 1. The van der Waals surface area contributed by atoms with Crippen molar-refractivity contribution in [2.75, 3.05) is 13.1 Å². The Morgan fingerprint density at radius 3 is 2.86 bits per heavy atom. The smallest absolute Gasteiger partial charge is 0.307 e. The fraction of sp³-hybridized carbons (Fsp3) is 0.364. The lowest BCUT2D eigenvalue weighted by Crippen LogP contribution is -2.39. The van der Waals surface area contributed by atoms with Gasteiger partial charge < -0.3 is 10.4 Å². The first-order valence-corrected chi connectivity index (χ1v) is 4.77. The number of rotatable bonds is 3. The van der Waals surface area contributed by atoms with Crippen LogP contribution in [0.1, 0.15) is 17.0 Å². The maximum atomic E-state index is 10.5. The number of carboxylic acids is 1. The lowest BCUT2D eigenvalue weighted by molar-refractivity contribution is -0.136. The molecule has 0 aromatic heterocycles. The van der Waals surface area contributed by atoms with Gasteiger partial charge in [-0.15, -0.1) is 0 Å². The second kappa shape index (κ2) is 3.80. The number of carbonyl (C=O) groups is 1. The van der Waals surface area contributed by atoms with E-state index in [1.807, 2.05) is 18.2 Å². The van der Waals surface area contributed by atoms with E-state index in [1.54, 1.807) is 0 Å². The van der Waals surface area contributed by atoms with Gasteiger partial charge in [0.05, 0.1) is 6.42 Å². The molecule has 14 heavy (non-hydrogen) atoms. The van der Waals surface area contributed by atoms with Crippen molar-refractivity contribution in [2.24, 2.45) is 0 Å².